The number of aliphatic hydroxyl groups is 1. The SMILES string of the molecule is Cc1nc2sc3c(c2c2nc(C(=O)NC[C@H](C)O)nn12)C[C@@H](C)CC3. The van der Waals surface area contributed by atoms with Gasteiger partial charge in [0.2, 0.25) is 5.82 Å². The van der Waals surface area contributed by atoms with Crippen molar-refractivity contribution in [1.82, 2.24) is 24.9 Å². The topological polar surface area (TPSA) is 92.4 Å². The van der Waals surface area contributed by atoms with E-state index in [4.69, 9.17) is 0 Å². The van der Waals surface area contributed by atoms with Crippen LogP contribution in [0.3, 0.4) is 0 Å². The average Bonchev–Trinajstić information content (AvgIpc) is 3.13. The minimum Gasteiger partial charge on any atom is -0.392 e. The Morgan fingerprint density at radius 1 is 1.48 bits per heavy atom. The third kappa shape index (κ3) is 2.79. The Bertz CT molecular complexity index is 975. The number of rotatable bonds is 3. The van der Waals surface area contributed by atoms with Gasteiger partial charge in [0.05, 0.1) is 11.5 Å². The number of carbonyl (C=O) groups is 1. The zero-order valence-electron chi connectivity index (χ0n) is 14.5. The van der Waals surface area contributed by atoms with Crippen LogP contribution in [0.5, 0.6) is 0 Å². The van der Waals surface area contributed by atoms with Crippen molar-refractivity contribution in [1.29, 1.82) is 0 Å². The summed E-state index contributed by atoms with van der Waals surface area (Å²) in [6, 6.07) is 0. The van der Waals surface area contributed by atoms with Crippen LogP contribution in [0, 0.1) is 12.8 Å². The van der Waals surface area contributed by atoms with E-state index in [-0.39, 0.29) is 18.3 Å². The molecule has 4 rings (SSSR count). The minimum absolute atomic E-state index is 0.113. The number of fused-ring (bicyclic) bond motifs is 5. The van der Waals surface area contributed by atoms with Crippen LogP contribution in [0.4, 0.5) is 0 Å². The van der Waals surface area contributed by atoms with Crippen molar-refractivity contribution in [3.63, 3.8) is 0 Å². The molecule has 0 saturated carbocycles. The molecule has 0 aliphatic heterocycles. The first kappa shape index (κ1) is 16.4. The van der Waals surface area contributed by atoms with E-state index in [0.29, 0.717) is 11.6 Å². The Kier molecular flexibility index (Phi) is 3.96. The van der Waals surface area contributed by atoms with E-state index < -0.39 is 6.10 Å². The van der Waals surface area contributed by atoms with Crippen LogP contribution >= 0.6 is 11.3 Å². The number of thiophene rings is 1. The van der Waals surface area contributed by atoms with Crippen molar-refractivity contribution < 1.29 is 9.90 Å². The molecule has 0 saturated heterocycles. The number of hydrogen-bond acceptors (Lipinski definition) is 6. The van der Waals surface area contributed by atoms with E-state index in [0.717, 1.165) is 28.9 Å². The van der Waals surface area contributed by atoms with Crippen molar-refractivity contribution in [3.8, 4) is 0 Å². The number of aryl methyl sites for hydroxylation is 2. The predicted octanol–water partition coefficient (Wildman–Crippen LogP) is 1.88. The van der Waals surface area contributed by atoms with Gasteiger partial charge in [-0.05, 0) is 44.6 Å². The Morgan fingerprint density at radius 2 is 2.28 bits per heavy atom. The highest BCUT2D eigenvalue weighted by Gasteiger charge is 2.25. The van der Waals surface area contributed by atoms with Gasteiger partial charge >= 0.3 is 0 Å². The summed E-state index contributed by atoms with van der Waals surface area (Å²) in [6.07, 6.45) is 2.70. The lowest BCUT2D eigenvalue weighted by molar-refractivity contribution is 0.0914. The van der Waals surface area contributed by atoms with Crippen LogP contribution in [0.15, 0.2) is 0 Å². The Morgan fingerprint density at radius 3 is 3.04 bits per heavy atom. The van der Waals surface area contributed by atoms with E-state index in [1.807, 2.05) is 6.92 Å². The van der Waals surface area contributed by atoms with Crippen molar-refractivity contribution in [3.05, 3.63) is 22.1 Å². The maximum atomic E-state index is 12.3. The summed E-state index contributed by atoms with van der Waals surface area (Å²) in [7, 11) is 0. The van der Waals surface area contributed by atoms with Crippen LogP contribution in [0.25, 0.3) is 15.9 Å². The molecule has 0 fully saturated rings. The molecule has 3 heterocycles. The standard InChI is InChI=1S/C17H21N5O2S/c1-8-4-5-12-11(6-8)13-15-20-14(16(24)18-7-9(2)23)21-22(15)10(3)19-17(13)25-12/h8-9,23H,4-7H2,1-3H3,(H,18,24)/t8-,9-/m0/s1. The summed E-state index contributed by atoms with van der Waals surface area (Å²) in [5.41, 5.74) is 2.02. The summed E-state index contributed by atoms with van der Waals surface area (Å²) in [5.74, 6) is 1.09. The molecule has 7 nitrogen and oxygen atoms in total. The Hall–Kier alpha value is -2.06. The molecule has 0 radical (unpaired) electrons. The molecule has 1 aliphatic rings. The van der Waals surface area contributed by atoms with E-state index in [2.05, 4.69) is 27.3 Å². The van der Waals surface area contributed by atoms with Gasteiger partial charge < -0.3 is 10.4 Å². The predicted molar refractivity (Wildman–Crippen MR) is 96.1 cm³/mol. The molecule has 1 aliphatic carbocycles. The van der Waals surface area contributed by atoms with Crippen LogP contribution in [0.1, 0.15) is 47.2 Å². The number of aliphatic hydroxyl groups excluding tert-OH is 1. The summed E-state index contributed by atoms with van der Waals surface area (Å²) in [6.45, 7) is 5.93. The van der Waals surface area contributed by atoms with E-state index in [1.54, 1.807) is 22.8 Å². The van der Waals surface area contributed by atoms with Crippen molar-refractivity contribution >= 4 is 33.1 Å². The van der Waals surface area contributed by atoms with Crippen LogP contribution in [-0.4, -0.2) is 43.2 Å². The maximum absolute atomic E-state index is 12.3. The highest BCUT2D eigenvalue weighted by molar-refractivity contribution is 7.19. The fourth-order valence-corrected chi connectivity index (χ4v) is 4.62. The number of aromatic nitrogens is 4. The third-order valence-corrected chi connectivity index (χ3v) is 5.84. The molecule has 0 unspecified atom stereocenters. The first-order valence-electron chi connectivity index (χ1n) is 8.58. The fourth-order valence-electron chi connectivity index (χ4n) is 3.36. The van der Waals surface area contributed by atoms with Gasteiger partial charge in [-0.1, -0.05) is 6.92 Å². The second-order valence-corrected chi connectivity index (χ2v) is 8.00. The van der Waals surface area contributed by atoms with Crippen molar-refractivity contribution in [2.75, 3.05) is 6.54 Å². The van der Waals surface area contributed by atoms with E-state index in [1.165, 1.54) is 16.9 Å². The van der Waals surface area contributed by atoms with Crippen LogP contribution in [-0.2, 0) is 12.8 Å². The molecular formula is C17H21N5O2S. The fraction of sp³-hybridized carbons (Fsp3) is 0.529. The minimum atomic E-state index is -0.610. The second kappa shape index (κ2) is 6.03. The van der Waals surface area contributed by atoms with Crippen molar-refractivity contribution in [2.45, 2.75) is 46.1 Å². The second-order valence-electron chi connectivity index (χ2n) is 6.92. The van der Waals surface area contributed by atoms with Gasteiger partial charge in [-0.25, -0.2) is 9.97 Å². The Balaban J connectivity index is 1.85. The zero-order valence-corrected chi connectivity index (χ0v) is 15.4. The van der Waals surface area contributed by atoms with Crippen molar-refractivity contribution in [2.24, 2.45) is 5.92 Å². The molecule has 0 aromatic carbocycles. The molecule has 0 bridgehead atoms. The lowest BCUT2D eigenvalue weighted by Gasteiger charge is -2.17. The van der Waals surface area contributed by atoms with Gasteiger partial charge in [0.15, 0.2) is 5.65 Å². The van der Waals surface area contributed by atoms with Gasteiger partial charge in [0.1, 0.15) is 10.7 Å². The molecule has 1 amide bonds. The molecule has 8 heteroatoms. The molecule has 3 aromatic heterocycles. The highest BCUT2D eigenvalue weighted by atomic mass is 32.1. The molecule has 25 heavy (non-hydrogen) atoms. The summed E-state index contributed by atoms with van der Waals surface area (Å²) >= 11 is 1.74. The lowest BCUT2D eigenvalue weighted by atomic mass is 9.89. The maximum Gasteiger partial charge on any atom is 0.291 e. The molecular weight excluding hydrogens is 338 g/mol. The van der Waals surface area contributed by atoms with Gasteiger partial charge in [-0.3, -0.25) is 4.79 Å². The normalized spacial score (nSPS) is 18.5. The third-order valence-electron chi connectivity index (χ3n) is 4.65. The van der Waals surface area contributed by atoms with Gasteiger partial charge in [0.25, 0.3) is 5.91 Å². The quantitative estimate of drug-likeness (QED) is 0.745. The number of nitrogens with zero attached hydrogens (tertiary/aromatic N) is 4. The molecule has 2 atom stereocenters. The van der Waals surface area contributed by atoms with E-state index >= 15 is 0 Å². The van der Waals surface area contributed by atoms with Gasteiger partial charge in [-0.2, -0.15) is 4.52 Å². The summed E-state index contributed by atoms with van der Waals surface area (Å²) in [4.78, 5) is 23.8. The van der Waals surface area contributed by atoms with Gasteiger partial charge in [0, 0.05) is 11.4 Å². The number of hydrogen-bond donors (Lipinski definition) is 2. The van der Waals surface area contributed by atoms with Crippen LogP contribution < -0.4 is 5.32 Å². The molecule has 2 N–H and O–H groups in total. The number of carbonyl (C=O) groups excluding carboxylic acids is 1. The summed E-state index contributed by atoms with van der Waals surface area (Å²) < 4.78 is 1.66. The monoisotopic (exact) mass is 359 g/mol. The van der Waals surface area contributed by atoms with Gasteiger partial charge in [-0.15, -0.1) is 16.4 Å². The van der Waals surface area contributed by atoms with Crippen LogP contribution in [0.2, 0.25) is 0 Å². The molecule has 3 aromatic rings. The number of nitrogens with one attached hydrogen (secondary N) is 1. The first-order chi connectivity index (χ1) is 11.9. The Labute approximate surface area is 149 Å². The average molecular weight is 359 g/mol. The smallest absolute Gasteiger partial charge is 0.291 e. The van der Waals surface area contributed by atoms with E-state index in [9.17, 15) is 9.90 Å². The zero-order chi connectivity index (χ0) is 17.7. The lowest BCUT2D eigenvalue weighted by Crippen LogP contribution is -2.31. The first-order valence-corrected chi connectivity index (χ1v) is 9.39. The summed E-state index contributed by atoms with van der Waals surface area (Å²) in [5, 5.41) is 17.4. The molecule has 0 spiro atoms. The largest absolute Gasteiger partial charge is 0.392 e. The highest BCUT2D eigenvalue weighted by Crippen LogP contribution is 2.38. The molecule has 132 valence electrons. The number of amides is 1.